The van der Waals surface area contributed by atoms with Gasteiger partial charge in [-0.1, -0.05) is 32.0 Å². The van der Waals surface area contributed by atoms with Crippen LogP contribution in [-0.2, 0) is 0 Å². The SMILES string of the molecule is Cc1cccc(C(C)C)c1N1CCC(C#N)C1C. The minimum Gasteiger partial charge on any atom is -0.367 e. The zero-order chi connectivity index (χ0) is 13.3. The van der Waals surface area contributed by atoms with E-state index >= 15 is 0 Å². The molecule has 2 rings (SSSR count). The summed E-state index contributed by atoms with van der Waals surface area (Å²) >= 11 is 0. The Balaban J connectivity index is 2.43. The molecule has 18 heavy (non-hydrogen) atoms. The molecule has 0 spiro atoms. The van der Waals surface area contributed by atoms with Crippen LogP contribution in [0.1, 0.15) is 44.2 Å². The first-order chi connectivity index (χ1) is 8.56. The van der Waals surface area contributed by atoms with Gasteiger partial charge < -0.3 is 4.90 Å². The van der Waals surface area contributed by atoms with E-state index in [-0.39, 0.29) is 5.92 Å². The van der Waals surface area contributed by atoms with Gasteiger partial charge in [-0.25, -0.2) is 0 Å². The quantitative estimate of drug-likeness (QED) is 0.787. The van der Waals surface area contributed by atoms with E-state index < -0.39 is 0 Å². The molecule has 0 amide bonds. The Morgan fingerprint density at radius 1 is 1.39 bits per heavy atom. The molecule has 1 aliphatic heterocycles. The molecule has 2 nitrogen and oxygen atoms in total. The molecule has 1 heterocycles. The second-order valence-corrected chi connectivity index (χ2v) is 5.63. The summed E-state index contributed by atoms with van der Waals surface area (Å²) in [4.78, 5) is 2.43. The number of rotatable bonds is 2. The van der Waals surface area contributed by atoms with Crippen LogP contribution in [0.3, 0.4) is 0 Å². The highest BCUT2D eigenvalue weighted by molar-refractivity contribution is 5.62. The van der Waals surface area contributed by atoms with Gasteiger partial charge in [-0.3, -0.25) is 0 Å². The minimum atomic E-state index is 0.171. The van der Waals surface area contributed by atoms with Crippen molar-refractivity contribution in [2.24, 2.45) is 5.92 Å². The Kier molecular flexibility index (Phi) is 3.61. The van der Waals surface area contributed by atoms with Gasteiger partial charge in [0.1, 0.15) is 0 Å². The summed E-state index contributed by atoms with van der Waals surface area (Å²) in [6.45, 7) is 9.83. The number of para-hydroxylation sites is 1. The maximum atomic E-state index is 9.17. The number of hydrogen-bond acceptors (Lipinski definition) is 2. The van der Waals surface area contributed by atoms with Crippen LogP contribution >= 0.6 is 0 Å². The van der Waals surface area contributed by atoms with Gasteiger partial charge in [0.2, 0.25) is 0 Å². The van der Waals surface area contributed by atoms with Crippen LogP contribution in [0.25, 0.3) is 0 Å². The van der Waals surface area contributed by atoms with Crippen molar-refractivity contribution >= 4 is 5.69 Å². The lowest BCUT2D eigenvalue weighted by Gasteiger charge is -2.30. The predicted octanol–water partition coefficient (Wildman–Crippen LogP) is 3.86. The predicted molar refractivity (Wildman–Crippen MR) is 75.8 cm³/mol. The smallest absolute Gasteiger partial charge is 0.0681 e. The van der Waals surface area contributed by atoms with Crippen LogP contribution in [0, 0.1) is 24.2 Å². The molecule has 0 bridgehead atoms. The van der Waals surface area contributed by atoms with E-state index in [1.54, 1.807) is 0 Å². The van der Waals surface area contributed by atoms with Gasteiger partial charge in [-0.2, -0.15) is 5.26 Å². The Morgan fingerprint density at radius 3 is 2.67 bits per heavy atom. The lowest BCUT2D eigenvalue weighted by molar-refractivity contribution is 0.613. The number of aryl methyl sites for hydroxylation is 1. The van der Waals surface area contributed by atoms with Crippen molar-refractivity contribution < 1.29 is 0 Å². The maximum Gasteiger partial charge on any atom is 0.0681 e. The number of nitriles is 1. The Labute approximate surface area is 110 Å². The van der Waals surface area contributed by atoms with E-state index in [0.717, 1.165) is 13.0 Å². The molecule has 1 saturated heterocycles. The molecule has 2 atom stereocenters. The molecule has 0 radical (unpaired) electrons. The first-order valence-electron chi connectivity index (χ1n) is 6.82. The molecule has 1 aromatic rings. The van der Waals surface area contributed by atoms with Crippen molar-refractivity contribution in [1.82, 2.24) is 0 Å². The standard InChI is InChI=1S/C16H22N2/c1-11(2)15-7-5-6-12(3)16(15)18-9-8-14(10-17)13(18)4/h5-7,11,13-14H,8-9H2,1-4H3. The average Bonchev–Trinajstić information content (AvgIpc) is 2.70. The molecule has 0 saturated carbocycles. The number of nitrogens with zero attached hydrogens (tertiary/aromatic N) is 2. The van der Waals surface area contributed by atoms with Gasteiger partial charge in [0.25, 0.3) is 0 Å². The van der Waals surface area contributed by atoms with Gasteiger partial charge >= 0.3 is 0 Å². The molecular formula is C16H22N2. The molecule has 2 unspecified atom stereocenters. The summed E-state index contributed by atoms with van der Waals surface area (Å²) in [5, 5.41) is 9.17. The highest BCUT2D eigenvalue weighted by Crippen LogP contribution is 2.36. The molecular weight excluding hydrogens is 220 g/mol. The molecule has 96 valence electrons. The second kappa shape index (κ2) is 5.02. The number of anilines is 1. The zero-order valence-corrected chi connectivity index (χ0v) is 11.8. The summed E-state index contributed by atoms with van der Waals surface area (Å²) in [7, 11) is 0. The fourth-order valence-electron chi connectivity index (χ4n) is 2.97. The third-order valence-electron chi connectivity index (χ3n) is 4.10. The van der Waals surface area contributed by atoms with Crippen molar-refractivity contribution in [3.8, 4) is 6.07 Å². The van der Waals surface area contributed by atoms with E-state index in [0.29, 0.717) is 12.0 Å². The molecule has 1 aliphatic rings. The Morgan fingerprint density at radius 2 is 2.11 bits per heavy atom. The molecule has 0 aliphatic carbocycles. The number of benzene rings is 1. The van der Waals surface area contributed by atoms with Crippen molar-refractivity contribution in [2.45, 2.75) is 46.1 Å². The fourth-order valence-corrected chi connectivity index (χ4v) is 2.97. The van der Waals surface area contributed by atoms with E-state index in [9.17, 15) is 5.26 Å². The molecule has 0 N–H and O–H groups in total. The highest BCUT2D eigenvalue weighted by atomic mass is 15.2. The van der Waals surface area contributed by atoms with Crippen molar-refractivity contribution in [3.63, 3.8) is 0 Å². The van der Waals surface area contributed by atoms with Gasteiger partial charge in [-0.05, 0) is 37.3 Å². The summed E-state index contributed by atoms with van der Waals surface area (Å²) in [6.07, 6.45) is 0.990. The Hall–Kier alpha value is -1.49. The van der Waals surface area contributed by atoms with E-state index in [1.807, 2.05) is 0 Å². The topological polar surface area (TPSA) is 27.0 Å². The third-order valence-corrected chi connectivity index (χ3v) is 4.10. The van der Waals surface area contributed by atoms with Crippen LogP contribution in [0.15, 0.2) is 18.2 Å². The maximum absolute atomic E-state index is 9.17. The lowest BCUT2D eigenvalue weighted by Crippen LogP contribution is -2.31. The summed E-state index contributed by atoms with van der Waals surface area (Å²) < 4.78 is 0. The Bertz CT molecular complexity index is 470. The van der Waals surface area contributed by atoms with Crippen LogP contribution in [-0.4, -0.2) is 12.6 Å². The first-order valence-corrected chi connectivity index (χ1v) is 6.82. The summed E-state index contributed by atoms with van der Waals surface area (Å²) in [5.41, 5.74) is 4.09. The third kappa shape index (κ3) is 2.10. The minimum absolute atomic E-state index is 0.171. The van der Waals surface area contributed by atoms with E-state index in [1.165, 1.54) is 16.8 Å². The van der Waals surface area contributed by atoms with Crippen molar-refractivity contribution in [2.75, 3.05) is 11.4 Å². The average molecular weight is 242 g/mol. The normalized spacial score (nSPS) is 23.4. The summed E-state index contributed by atoms with van der Waals surface area (Å²) in [6, 6.07) is 9.30. The van der Waals surface area contributed by atoms with E-state index in [4.69, 9.17) is 0 Å². The number of hydrogen-bond donors (Lipinski definition) is 0. The monoisotopic (exact) mass is 242 g/mol. The van der Waals surface area contributed by atoms with Crippen LogP contribution in [0.5, 0.6) is 0 Å². The van der Waals surface area contributed by atoms with Gasteiger partial charge in [0.05, 0.1) is 12.0 Å². The van der Waals surface area contributed by atoms with Crippen LogP contribution in [0.4, 0.5) is 5.69 Å². The van der Waals surface area contributed by atoms with Crippen molar-refractivity contribution in [1.29, 1.82) is 5.26 Å². The van der Waals surface area contributed by atoms with Gasteiger partial charge in [0.15, 0.2) is 0 Å². The van der Waals surface area contributed by atoms with Crippen LogP contribution < -0.4 is 4.90 Å². The molecule has 1 aromatic carbocycles. The molecule has 1 fully saturated rings. The summed E-state index contributed by atoms with van der Waals surface area (Å²) in [5.74, 6) is 0.692. The second-order valence-electron chi connectivity index (χ2n) is 5.63. The lowest BCUT2D eigenvalue weighted by atomic mass is 9.96. The molecule has 2 heteroatoms. The van der Waals surface area contributed by atoms with Crippen molar-refractivity contribution in [3.05, 3.63) is 29.3 Å². The van der Waals surface area contributed by atoms with Gasteiger partial charge in [0, 0.05) is 18.3 Å². The van der Waals surface area contributed by atoms with E-state index in [2.05, 4.69) is 56.9 Å². The molecule has 0 aromatic heterocycles. The first kappa shape index (κ1) is 13.0. The van der Waals surface area contributed by atoms with Crippen LogP contribution in [0.2, 0.25) is 0 Å². The fraction of sp³-hybridized carbons (Fsp3) is 0.562. The van der Waals surface area contributed by atoms with Gasteiger partial charge in [-0.15, -0.1) is 0 Å². The highest BCUT2D eigenvalue weighted by Gasteiger charge is 2.32. The zero-order valence-electron chi connectivity index (χ0n) is 11.8. The largest absolute Gasteiger partial charge is 0.367 e.